The predicted molar refractivity (Wildman–Crippen MR) is 164 cm³/mol. The zero-order valence-electron chi connectivity index (χ0n) is 24.5. The Kier molecular flexibility index (Phi) is 11.1. The summed E-state index contributed by atoms with van der Waals surface area (Å²) >= 11 is 0. The number of methoxy groups -OCH3 is 4. The van der Waals surface area contributed by atoms with Gasteiger partial charge in [-0.3, -0.25) is 0 Å². The van der Waals surface area contributed by atoms with E-state index >= 15 is 0 Å². The normalized spacial score (nSPS) is 11.6. The van der Waals surface area contributed by atoms with Gasteiger partial charge in [-0.2, -0.15) is 0 Å². The standard InChI is InChI=1S/C35H38O7/c1-37-30-13-7-26(8-14-30)23-41-32-17-11-25(20-34(32)39-3)5-6-29(22-36)19-28-12-18-33(35(21-28)40-4)42-24-27-9-15-31(38-2)16-10-27/h5-18,20-21,29,36H,19,22-24H2,1-4H3/b6-5+. The SMILES string of the molecule is COc1ccc(COc2ccc(/C=C/C(CO)Cc3ccc(OCc4ccc(OC)cc4)c(OC)c3)cc2OC)cc1. The van der Waals surface area contributed by atoms with Gasteiger partial charge in [0.1, 0.15) is 24.7 Å². The highest BCUT2D eigenvalue weighted by Gasteiger charge is 2.11. The Hall–Kier alpha value is -4.62. The van der Waals surface area contributed by atoms with Gasteiger partial charge in [0.25, 0.3) is 0 Å². The van der Waals surface area contributed by atoms with Crippen molar-refractivity contribution in [2.75, 3.05) is 35.0 Å². The molecule has 0 aromatic heterocycles. The number of rotatable bonds is 15. The van der Waals surface area contributed by atoms with Crippen molar-refractivity contribution in [1.29, 1.82) is 0 Å². The minimum Gasteiger partial charge on any atom is -0.497 e. The second-order valence-corrected chi connectivity index (χ2v) is 9.67. The summed E-state index contributed by atoms with van der Waals surface area (Å²) in [7, 11) is 6.54. The van der Waals surface area contributed by atoms with Crippen molar-refractivity contribution >= 4 is 6.08 Å². The second-order valence-electron chi connectivity index (χ2n) is 9.67. The van der Waals surface area contributed by atoms with Crippen LogP contribution in [0.4, 0.5) is 0 Å². The summed E-state index contributed by atoms with van der Waals surface area (Å²) in [5, 5.41) is 10.1. The van der Waals surface area contributed by atoms with Gasteiger partial charge in [-0.05, 0) is 77.2 Å². The van der Waals surface area contributed by atoms with E-state index < -0.39 is 0 Å². The number of hydrogen-bond acceptors (Lipinski definition) is 7. The van der Waals surface area contributed by atoms with Crippen molar-refractivity contribution in [2.45, 2.75) is 19.6 Å². The molecule has 4 aromatic rings. The van der Waals surface area contributed by atoms with Gasteiger partial charge >= 0.3 is 0 Å². The Balaban J connectivity index is 1.36. The van der Waals surface area contributed by atoms with E-state index in [4.69, 9.17) is 28.4 Å². The molecule has 4 aromatic carbocycles. The monoisotopic (exact) mass is 570 g/mol. The molecule has 7 nitrogen and oxygen atoms in total. The number of benzene rings is 4. The highest BCUT2D eigenvalue weighted by molar-refractivity contribution is 5.56. The van der Waals surface area contributed by atoms with E-state index in [9.17, 15) is 5.11 Å². The van der Waals surface area contributed by atoms with Crippen LogP contribution >= 0.6 is 0 Å². The van der Waals surface area contributed by atoms with Crippen LogP contribution in [0.5, 0.6) is 34.5 Å². The average molecular weight is 571 g/mol. The third-order valence-electron chi connectivity index (χ3n) is 6.82. The molecule has 0 aliphatic rings. The number of aliphatic hydroxyl groups excluding tert-OH is 1. The molecule has 0 radical (unpaired) electrons. The van der Waals surface area contributed by atoms with E-state index in [1.807, 2.05) is 97.1 Å². The number of ether oxygens (including phenoxy) is 6. The van der Waals surface area contributed by atoms with E-state index in [0.29, 0.717) is 42.6 Å². The first-order valence-corrected chi connectivity index (χ1v) is 13.7. The molecule has 0 saturated carbocycles. The zero-order valence-corrected chi connectivity index (χ0v) is 24.5. The fourth-order valence-electron chi connectivity index (χ4n) is 4.37. The highest BCUT2D eigenvalue weighted by atomic mass is 16.5. The summed E-state index contributed by atoms with van der Waals surface area (Å²) in [6, 6.07) is 27.1. The van der Waals surface area contributed by atoms with E-state index in [2.05, 4.69) is 0 Å². The van der Waals surface area contributed by atoms with Gasteiger partial charge in [-0.15, -0.1) is 0 Å². The summed E-state index contributed by atoms with van der Waals surface area (Å²) in [4.78, 5) is 0. The summed E-state index contributed by atoms with van der Waals surface area (Å²) in [5.41, 5.74) is 4.04. The second kappa shape index (κ2) is 15.4. The Bertz CT molecular complexity index is 1430. The molecule has 1 N–H and O–H groups in total. The third kappa shape index (κ3) is 8.44. The first-order chi connectivity index (χ1) is 20.5. The smallest absolute Gasteiger partial charge is 0.161 e. The van der Waals surface area contributed by atoms with Crippen LogP contribution < -0.4 is 28.4 Å². The van der Waals surface area contributed by atoms with Crippen molar-refractivity contribution in [3.8, 4) is 34.5 Å². The van der Waals surface area contributed by atoms with Gasteiger partial charge in [0.05, 0.1) is 28.4 Å². The third-order valence-corrected chi connectivity index (χ3v) is 6.82. The lowest BCUT2D eigenvalue weighted by Crippen LogP contribution is -2.07. The number of hydrogen-bond donors (Lipinski definition) is 1. The molecular weight excluding hydrogens is 532 g/mol. The van der Waals surface area contributed by atoms with E-state index in [1.165, 1.54) is 0 Å². The first-order valence-electron chi connectivity index (χ1n) is 13.7. The lowest BCUT2D eigenvalue weighted by molar-refractivity contribution is 0.252. The lowest BCUT2D eigenvalue weighted by atomic mass is 9.98. The van der Waals surface area contributed by atoms with Gasteiger partial charge < -0.3 is 33.5 Å². The van der Waals surface area contributed by atoms with Crippen molar-refractivity contribution < 1.29 is 33.5 Å². The van der Waals surface area contributed by atoms with Crippen LogP contribution in [0.15, 0.2) is 91.0 Å². The highest BCUT2D eigenvalue weighted by Crippen LogP contribution is 2.31. The van der Waals surface area contributed by atoms with Crippen LogP contribution in [-0.4, -0.2) is 40.2 Å². The summed E-state index contributed by atoms with van der Waals surface area (Å²) in [6.07, 6.45) is 4.63. The molecule has 42 heavy (non-hydrogen) atoms. The van der Waals surface area contributed by atoms with Gasteiger partial charge in [0.15, 0.2) is 23.0 Å². The maximum atomic E-state index is 10.1. The quantitative estimate of drug-likeness (QED) is 0.170. The minimum absolute atomic E-state index is 0.00866. The molecule has 0 heterocycles. The topological polar surface area (TPSA) is 75.6 Å². The molecule has 7 heteroatoms. The average Bonchev–Trinajstić information content (AvgIpc) is 3.05. The van der Waals surface area contributed by atoms with Gasteiger partial charge in [0.2, 0.25) is 0 Å². The van der Waals surface area contributed by atoms with E-state index in [-0.39, 0.29) is 12.5 Å². The molecule has 0 spiro atoms. The molecule has 0 aliphatic carbocycles. The lowest BCUT2D eigenvalue weighted by Gasteiger charge is -2.15. The summed E-state index contributed by atoms with van der Waals surface area (Å²) in [6.45, 7) is 0.835. The fraction of sp³-hybridized carbons (Fsp3) is 0.257. The van der Waals surface area contributed by atoms with Crippen molar-refractivity contribution in [3.05, 3.63) is 113 Å². The van der Waals surface area contributed by atoms with Crippen LogP contribution in [0.1, 0.15) is 22.3 Å². The molecule has 0 saturated heterocycles. The predicted octanol–water partition coefficient (Wildman–Crippen LogP) is 6.74. The Morgan fingerprint density at radius 2 is 1.07 bits per heavy atom. The van der Waals surface area contributed by atoms with Crippen molar-refractivity contribution in [1.82, 2.24) is 0 Å². The fourth-order valence-corrected chi connectivity index (χ4v) is 4.37. The molecule has 0 bridgehead atoms. The molecular formula is C35H38O7. The number of aliphatic hydroxyl groups is 1. The summed E-state index contributed by atoms with van der Waals surface area (Å²) < 4.78 is 33.6. The minimum atomic E-state index is -0.0854. The zero-order chi connectivity index (χ0) is 29.7. The van der Waals surface area contributed by atoms with Crippen molar-refractivity contribution in [2.24, 2.45) is 5.92 Å². The van der Waals surface area contributed by atoms with Gasteiger partial charge in [-0.25, -0.2) is 0 Å². The van der Waals surface area contributed by atoms with Crippen LogP contribution in [0, 0.1) is 5.92 Å². The van der Waals surface area contributed by atoms with Crippen LogP contribution in [0.3, 0.4) is 0 Å². The van der Waals surface area contributed by atoms with Crippen LogP contribution in [-0.2, 0) is 19.6 Å². The molecule has 0 fully saturated rings. The van der Waals surface area contributed by atoms with Crippen molar-refractivity contribution in [3.63, 3.8) is 0 Å². The Labute approximate surface area is 247 Å². The largest absolute Gasteiger partial charge is 0.497 e. The Morgan fingerprint density at radius 3 is 1.57 bits per heavy atom. The molecule has 4 rings (SSSR count). The Morgan fingerprint density at radius 1 is 0.571 bits per heavy atom. The molecule has 220 valence electrons. The summed E-state index contributed by atoms with van der Waals surface area (Å²) in [5.74, 6) is 4.13. The maximum Gasteiger partial charge on any atom is 0.161 e. The van der Waals surface area contributed by atoms with E-state index in [0.717, 1.165) is 33.8 Å². The maximum absolute atomic E-state index is 10.1. The molecule has 0 aliphatic heterocycles. The van der Waals surface area contributed by atoms with Gasteiger partial charge in [-0.1, -0.05) is 48.6 Å². The molecule has 1 atom stereocenters. The first kappa shape index (κ1) is 30.3. The van der Waals surface area contributed by atoms with E-state index in [1.54, 1.807) is 28.4 Å². The van der Waals surface area contributed by atoms with Crippen LogP contribution in [0.25, 0.3) is 6.08 Å². The van der Waals surface area contributed by atoms with Crippen LogP contribution in [0.2, 0.25) is 0 Å². The van der Waals surface area contributed by atoms with Gasteiger partial charge in [0, 0.05) is 12.5 Å². The molecule has 1 unspecified atom stereocenters. The molecule has 0 amide bonds.